The number of amides is 1. The van der Waals surface area contributed by atoms with Gasteiger partial charge in [0.15, 0.2) is 5.65 Å². The van der Waals surface area contributed by atoms with Crippen LogP contribution in [0.15, 0.2) is 48.9 Å². The van der Waals surface area contributed by atoms with Crippen LogP contribution in [0.5, 0.6) is 0 Å². The van der Waals surface area contributed by atoms with Gasteiger partial charge in [-0.15, -0.1) is 0 Å². The molecule has 148 valence electrons. The van der Waals surface area contributed by atoms with E-state index in [1.165, 1.54) is 12.0 Å². The lowest BCUT2D eigenvalue weighted by Crippen LogP contribution is -2.31. The van der Waals surface area contributed by atoms with Crippen molar-refractivity contribution in [2.45, 2.75) is 13.0 Å². The highest BCUT2D eigenvalue weighted by atomic mass is 16.5. The Morgan fingerprint density at radius 1 is 1.07 bits per heavy atom. The lowest BCUT2D eigenvalue weighted by molar-refractivity contribution is 0.0773. The van der Waals surface area contributed by atoms with Gasteiger partial charge in [0, 0.05) is 25.9 Å². The summed E-state index contributed by atoms with van der Waals surface area (Å²) in [5.41, 5.74) is 3.43. The second kappa shape index (κ2) is 6.66. The first-order valence-electron chi connectivity index (χ1n) is 10.5. The molecule has 0 N–H and O–H groups in total. The van der Waals surface area contributed by atoms with E-state index in [1.54, 1.807) is 12.5 Å². The molecule has 1 aromatic carbocycles. The zero-order chi connectivity index (χ0) is 19.4. The van der Waals surface area contributed by atoms with Crippen molar-refractivity contribution in [3.05, 3.63) is 60.0 Å². The van der Waals surface area contributed by atoms with Gasteiger partial charge in [-0.25, -0.2) is 9.97 Å². The van der Waals surface area contributed by atoms with Gasteiger partial charge in [-0.1, -0.05) is 30.3 Å². The third-order valence-corrected chi connectivity index (χ3v) is 7.08. The monoisotopic (exact) mass is 388 g/mol. The molecule has 0 unspecified atom stereocenters. The number of carbonyl (C=O) groups excluding carboxylic acids is 1. The topological polar surface area (TPSA) is 60.2 Å². The Balaban J connectivity index is 1.21. The summed E-state index contributed by atoms with van der Waals surface area (Å²) in [6.45, 7) is 4.24. The van der Waals surface area contributed by atoms with Crippen molar-refractivity contribution in [2.24, 2.45) is 23.7 Å². The van der Waals surface area contributed by atoms with E-state index in [9.17, 15) is 4.79 Å². The molecule has 2 aliphatic heterocycles. The van der Waals surface area contributed by atoms with Crippen LogP contribution in [-0.4, -0.2) is 51.6 Å². The van der Waals surface area contributed by atoms with Crippen LogP contribution in [0.1, 0.15) is 22.3 Å². The molecule has 0 radical (unpaired) electrons. The van der Waals surface area contributed by atoms with Crippen molar-refractivity contribution in [3.63, 3.8) is 0 Å². The minimum Gasteiger partial charge on any atom is -0.381 e. The average molecular weight is 388 g/mol. The molecule has 3 aliphatic rings. The van der Waals surface area contributed by atoms with Gasteiger partial charge in [0.2, 0.25) is 0 Å². The maximum absolute atomic E-state index is 13.1. The molecule has 2 saturated heterocycles. The molecule has 1 aliphatic carbocycles. The van der Waals surface area contributed by atoms with Crippen LogP contribution in [0.2, 0.25) is 0 Å². The van der Waals surface area contributed by atoms with E-state index in [0.29, 0.717) is 29.2 Å². The van der Waals surface area contributed by atoms with E-state index in [2.05, 4.69) is 22.1 Å². The number of benzene rings is 1. The molecule has 0 spiro atoms. The van der Waals surface area contributed by atoms with Gasteiger partial charge in [0.05, 0.1) is 25.0 Å². The van der Waals surface area contributed by atoms with Crippen LogP contribution >= 0.6 is 0 Å². The molecule has 3 fully saturated rings. The molecule has 1 saturated carbocycles. The first-order chi connectivity index (χ1) is 14.3. The van der Waals surface area contributed by atoms with E-state index in [-0.39, 0.29) is 5.91 Å². The van der Waals surface area contributed by atoms with Gasteiger partial charge in [0.25, 0.3) is 5.91 Å². The van der Waals surface area contributed by atoms with Crippen molar-refractivity contribution in [2.75, 3.05) is 26.3 Å². The highest BCUT2D eigenvalue weighted by Crippen LogP contribution is 2.48. The third kappa shape index (κ3) is 2.85. The van der Waals surface area contributed by atoms with Crippen LogP contribution in [0, 0.1) is 23.7 Å². The Morgan fingerprint density at radius 3 is 2.86 bits per heavy atom. The Labute approximate surface area is 169 Å². The zero-order valence-corrected chi connectivity index (χ0v) is 16.3. The fourth-order valence-electron chi connectivity index (χ4n) is 5.66. The number of ether oxygens (including phenoxy) is 1. The maximum Gasteiger partial charge on any atom is 0.255 e. The van der Waals surface area contributed by atoms with Gasteiger partial charge in [-0.2, -0.15) is 0 Å². The molecule has 6 nitrogen and oxygen atoms in total. The van der Waals surface area contributed by atoms with Gasteiger partial charge >= 0.3 is 0 Å². The minimum absolute atomic E-state index is 0.0851. The number of carbonyl (C=O) groups is 1. The Kier molecular flexibility index (Phi) is 3.94. The van der Waals surface area contributed by atoms with Crippen molar-refractivity contribution in [1.29, 1.82) is 0 Å². The molecule has 4 atom stereocenters. The molecule has 1 amide bonds. The Morgan fingerprint density at radius 2 is 1.97 bits per heavy atom. The molecular formula is C23H24N4O2. The van der Waals surface area contributed by atoms with E-state index in [4.69, 9.17) is 4.74 Å². The highest BCUT2D eigenvalue weighted by Gasteiger charge is 2.51. The number of likely N-dealkylation sites (tertiary alicyclic amines) is 1. The quantitative estimate of drug-likeness (QED) is 0.692. The standard InChI is InChI=1S/C23H24N4O2/c28-23(26-10-17-6-18-12-29-13-20(18)19(17)11-26)16-7-21-22(24-8-16)27(14-25-21)9-15-4-2-1-3-5-15/h1-5,7-8,14,17-20H,6,9-13H2/t17-,18+,19+,20-/m0/s1. The highest BCUT2D eigenvalue weighted by molar-refractivity contribution is 5.96. The van der Waals surface area contributed by atoms with Crippen LogP contribution in [0.4, 0.5) is 0 Å². The number of fused-ring (bicyclic) bond motifs is 4. The largest absolute Gasteiger partial charge is 0.381 e. The van der Waals surface area contributed by atoms with Crippen molar-refractivity contribution < 1.29 is 9.53 Å². The van der Waals surface area contributed by atoms with E-state index < -0.39 is 0 Å². The molecule has 0 bridgehead atoms. The smallest absolute Gasteiger partial charge is 0.255 e. The second-order valence-electron chi connectivity index (χ2n) is 8.76. The van der Waals surface area contributed by atoms with Crippen LogP contribution in [-0.2, 0) is 11.3 Å². The number of hydrogen-bond donors (Lipinski definition) is 0. The SMILES string of the molecule is O=C(c1cnc2c(c1)ncn2Cc1ccccc1)N1C[C@@H]2C[C@@H]3COC[C@@H]3[C@@H]2C1. The Bertz CT molecular complexity index is 1060. The summed E-state index contributed by atoms with van der Waals surface area (Å²) in [6.07, 6.45) is 4.73. The summed E-state index contributed by atoms with van der Waals surface area (Å²) in [4.78, 5) is 24.2. The fourth-order valence-corrected chi connectivity index (χ4v) is 5.66. The van der Waals surface area contributed by atoms with E-state index in [0.717, 1.165) is 44.0 Å². The van der Waals surface area contributed by atoms with Crippen molar-refractivity contribution in [1.82, 2.24) is 19.4 Å². The summed E-state index contributed by atoms with van der Waals surface area (Å²) in [5, 5.41) is 0. The maximum atomic E-state index is 13.1. The molecule has 29 heavy (non-hydrogen) atoms. The zero-order valence-electron chi connectivity index (χ0n) is 16.3. The molecule has 4 heterocycles. The number of pyridine rings is 1. The summed E-state index contributed by atoms with van der Waals surface area (Å²) in [6, 6.07) is 12.1. The normalized spacial score (nSPS) is 28.1. The van der Waals surface area contributed by atoms with Gasteiger partial charge in [-0.05, 0) is 41.7 Å². The molecule has 2 aromatic heterocycles. The molecule has 3 aromatic rings. The average Bonchev–Trinajstić information content (AvgIpc) is 3.50. The van der Waals surface area contributed by atoms with Crippen molar-refractivity contribution in [3.8, 4) is 0 Å². The summed E-state index contributed by atoms with van der Waals surface area (Å²) < 4.78 is 7.70. The first-order valence-corrected chi connectivity index (χ1v) is 10.5. The number of aromatic nitrogens is 3. The number of rotatable bonds is 3. The fraction of sp³-hybridized carbons (Fsp3) is 0.435. The number of hydrogen-bond acceptors (Lipinski definition) is 4. The summed E-state index contributed by atoms with van der Waals surface area (Å²) in [5.74, 6) is 2.69. The van der Waals surface area contributed by atoms with Crippen LogP contribution in [0.25, 0.3) is 11.2 Å². The predicted molar refractivity (Wildman–Crippen MR) is 108 cm³/mol. The van der Waals surface area contributed by atoms with E-state index in [1.807, 2.05) is 33.7 Å². The summed E-state index contributed by atoms with van der Waals surface area (Å²) >= 11 is 0. The summed E-state index contributed by atoms with van der Waals surface area (Å²) in [7, 11) is 0. The Hall–Kier alpha value is -2.73. The third-order valence-electron chi connectivity index (χ3n) is 7.08. The predicted octanol–water partition coefficient (Wildman–Crippen LogP) is 2.83. The lowest BCUT2D eigenvalue weighted by Gasteiger charge is -2.20. The number of nitrogens with zero attached hydrogens (tertiary/aromatic N) is 4. The van der Waals surface area contributed by atoms with Gasteiger partial charge < -0.3 is 14.2 Å². The van der Waals surface area contributed by atoms with Crippen LogP contribution in [0.3, 0.4) is 0 Å². The van der Waals surface area contributed by atoms with Gasteiger partial charge in [0.1, 0.15) is 5.52 Å². The van der Waals surface area contributed by atoms with Gasteiger partial charge in [-0.3, -0.25) is 4.79 Å². The molecular weight excluding hydrogens is 364 g/mol. The van der Waals surface area contributed by atoms with Crippen LogP contribution < -0.4 is 0 Å². The molecule has 6 rings (SSSR count). The van der Waals surface area contributed by atoms with Crippen molar-refractivity contribution >= 4 is 17.1 Å². The molecule has 6 heteroatoms. The van der Waals surface area contributed by atoms with E-state index >= 15 is 0 Å². The number of imidazole rings is 1. The second-order valence-corrected chi connectivity index (χ2v) is 8.76. The minimum atomic E-state index is 0.0851. The first kappa shape index (κ1) is 17.2. The lowest BCUT2D eigenvalue weighted by atomic mass is 9.91.